The molecule has 0 atom stereocenters. The van der Waals surface area contributed by atoms with Crippen LogP contribution in [0, 0.1) is 5.82 Å². The van der Waals surface area contributed by atoms with Crippen LogP contribution >= 0.6 is 0 Å². The van der Waals surface area contributed by atoms with E-state index < -0.39 is 23.5 Å². The summed E-state index contributed by atoms with van der Waals surface area (Å²) in [7, 11) is 1.28. The fraction of sp³-hybridized carbons (Fsp3) is 0.400. The summed E-state index contributed by atoms with van der Waals surface area (Å²) >= 11 is 0. The zero-order valence-electron chi connectivity index (χ0n) is 19.3. The minimum Gasteiger partial charge on any atom is -0.465 e. The smallest absolute Gasteiger partial charge is 0.416 e. The highest BCUT2D eigenvalue weighted by Crippen LogP contribution is 2.45. The molecule has 0 aromatic heterocycles. The van der Waals surface area contributed by atoms with E-state index in [1.807, 2.05) is 45.0 Å². The van der Waals surface area contributed by atoms with Gasteiger partial charge in [0.2, 0.25) is 0 Å². The van der Waals surface area contributed by atoms with Gasteiger partial charge < -0.3 is 14.8 Å². The van der Waals surface area contributed by atoms with Crippen LogP contribution < -0.4 is 5.32 Å². The van der Waals surface area contributed by atoms with Gasteiger partial charge in [-0.1, -0.05) is 12.1 Å². The number of ether oxygens (including phenoxy) is 2. The Morgan fingerprint density at radius 1 is 1.18 bits per heavy atom. The lowest BCUT2D eigenvalue weighted by atomic mass is 10.0. The molecule has 0 spiro atoms. The maximum absolute atomic E-state index is 15.0. The molecular formula is C25H28FN3O4. The average Bonchev–Trinajstić information content (AvgIpc) is 3.48. The molecule has 0 unspecified atom stereocenters. The van der Waals surface area contributed by atoms with Crippen LogP contribution in [-0.2, 0) is 9.47 Å². The van der Waals surface area contributed by atoms with Gasteiger partial charge in [0.15, 0.2) is 0 Å². The first-order valence-electron chi connectivity index (χ1n) is 11.0. The molecule has 1 heterocycles. The number of carbonyl (C=O) groups excluding carboxylic acids is 2. The summed E-state index contributed by atoms with van der Waals surface area (Å²) in [6.07, 6.45) is 1.44. The van der Waals surface area contributed by atoms with Gasteiger partial charge in [0.05, 0.1) is 31.5 Å². The monoisotopic (exact) mass is 453 g/mol. The Bertz CT molecular complexity index is 1120. The number of nitrogens with zero attached hydrogens (tertiary/aromatic N) is 2. The van der Waals surface area contributed by atoms with Gasteiger partial charge in [0.1, 0.15) is 17.3 Å². The van der Waals surface area contributed by atoms with Crippen molar-refractivity contribution in [2.24, 2.45) is 4.99 Å². The molecule has 33 heavy (non-hydrogen) atoms. The first-order valence-corrected chi connectivity index (χ1v) is 11.0. The van der Waals surface area contributed by atoms with Crippen molar-refractivity contribution >= 4 is 29.3 Å². The maximum atomic E-state index is 15.0. The quantitative estimate of drug-likeness (QED) is 0.627. The maximum Gasteiger partial charge on any atom is 0.416 e. The lowest BCUT2D eigenvalue weighted by molar-refractivity contribution is 0.0384. The van der Waals surface area contributed by atoms with Crippen LogP contribution in [0.5, 0.6) is 0 Å². The number of aliphatic imine (C=N–C) groups is 1. The Balaban J connectivity index is 1.61. The summed E-state index contributed by atoms with van der Waals surface area (Å²) in [6.45, 7) is 6.39. The molecule has 7 nitrogen and oxygen atoms in total. The molecule has 2 aliphatic rings. The molecule has 174 valence electrons. The highest BCUT2D eigenvalue weighted by Gasteiger charge is 2.31. The predicted molar refractivity (Wildman–Crippen MR) is 124 cm³/mol. The number of hydrogen-bond donors (Lipinski definition) is 1. The Labute approximate surface area is 192 Å². The van der Waals surface area contributed by atoms with E-state index >= 15 is 4.39 Å². The second kappa shape index (κ2) is 8.84. The Morgan fingerprint density at radius 2 is 1.94 bits per heavy atom. The van der Waals surface area contributed by atoms with Crippen molar-refractivity contribution in [3.63, 3.8) is 0 Å². The number of esters is 1. The van der Waals surface area contributed by atoms with Gasteiger partial charge in [-0.3, -0.25) is 9.89 Å². The summed E-state index contributed by atoms with van der Waals surface area (Å²) in [6, 6.07) is 10.2. The fourth-order valence-electron chi connectivity index (χ4n) is 3.78. The number of amides is 1. The summed E-state index contributed by atoms with van der Waals surface area (Å²) in [5.74, 6) is -0.349. The van der Waals surface area contributed by atoms with E-state index in [0.29, 0.717) is 30.3 Å². The molecule has 1 aliphatic heterocycles. The lowest BCUT2D eigenvalue weighted by Crippen LogP contribution is -2.39. The van der Waals surface area contributed by atoms with Gasteiger partial charge in [-0.2, -0.15) is 0 Å². The van der Waals surface area contributed by atoms with Crippen LogP contribution in [0.3, 0.4) is 0 Å². The highest BCUT2D eigenvalue weighted by molar-refractivity contribution is 6.08. The van der Waals surface area contributed by atoms with Crippen molar-refractivity contribution in [1.82, 2.24) is 4.90 Å². The van der Waals surface area contributed by atoms with Crippen molar-refractivity contribution in [3.8, 4) is 0 Å². The molecule has 1 saturated carbocycles. The van der Waals surface area contributed by atoms with Gasteiger partial charge >= 0.3 is 12.1 Å². The van der Waals surface area contributed by atoms with E-state index in [2.05, 4.69) is 10.3 Å². The molecule has 2 aromatic carbocycles. The van der Waals surface area contributed by atoms with Crippen LogP contribution in [0.4, 0.5) is 20.6 Å². The molecule has 2 aromatic rings. The van der Waals surface area contributed by atoms with E-state index in [9.17, 15) is 9.59 Å². The van der Waals surface area contributed by atoms with E-state index in [1.165, 1.54) is 18.1 Å². The molecule has 0 bridgehead atoms. The second-order valence-electron chi connectivity index (χ2n) is 9.23. The largest absolute Gasteiger partial charge is 0.465 e. The van der Waals surface area contributed by atoms with Crippen molar-refractivity contribution in [3.05, 3.63) is 58.9 Å². The number of hydrogen-bond acceptors (Lipinski definition) is 6. The van der Waals surface area contributed by atoms with Crippen molar-refractivity contribution in [2.45, 2.75) is 45.1 Å². The summed E-state index contributed by atoms with van der Waals surface area (Å²) in [5, 5.41) is 3.18. The van der Waals surface area contributed by atoms with Crippen molar-refractivity contribution in [1.29, 1.82) is 0 Å². The van der Waals surface area contributed by atoms with E-state index in [4.69, 9.17) is 9.47 Å². The van der Waals surface area contributed by atoms with Gasteiger partial charge in [-0.25, -0.2) is 14.0 Å². The molecule has 1 amide bonds. The first kappa shape index (κ1) is 22.8. The highest BCUT2D eigenvalue weighted by atomic mass is 19.1. The summed E-state index contributed by atoms with van der Waals surface area (Å²) < 4.78 is 25.3. The minimum atomic E-state index is -0.610. The van der Waals surface area contributed by atoms with Crippen molar-refractivity contribution < 1.29 is 23.5 Å². The number of methoxy groups -OCH3 is 1. The number of halogens is 1. The fourth-order valence-corrected chi connectivity index (χ4v) is 3.78. The minimum absolute atomic E-state index is 0.199. The van der Waals surface area contributed by atoms with Crippen LogP contribution in [-0.4, -0.2) is 48.6 Å². The predicted octanol–water partition coefficient (Wildman–Crippen LogP) is 5.23. The van der Waals surface area contributed by atoms with Crippen molar-refractivity contribution in [2.75, 3.05) is 25.5 Å². The van der Waals surface area contributed by atoms with Crippen LogP contribution in [0.1, 0.15) is 61.0 Å². The number of anilines is 2. The Morgan fingerprint density at radius 3 is 2.61 bits per heavy atom. The number of carbonyl (C=O) groups is 2. The molecule has 1 N–H and O–H groups in total. The topological polar surface area (TPSA) is 80.2 Å². The first-order chi connectivity index (χ1) is 15.7. The molecular weight excluding hydrogens is 425 g/mol. The zero-order chi connectivity index (χ0) is 23.8. The lowest BCUT2D eigenvalue weighted by Gasteiger charge is -2.25. The number of nitrogens with one attached hydrogen (secondary N) is 1. The summed E-state index contributed by atoms with van der Waals surface area (Å²) in [5.41, 5.74) is 2.07. The second-order valence-corrected chi connectivity index (χ2v) is 9.23. The van der Waals surface area contributed by atoms with E-state index in [0.717, 1.165) is 24.0 Å². The molecule has 1 aliphatic carbocycles. The van der Waals surface area contributed by atoms with Crippen LogP contribution in [0.15, 0.2) is 41.4 Å². The molecule has 4 rings (SSSR count). The molecule has 0 radical (unpaired) electrons. The standard InChI is InChI=1S/C25H28FN3O4/c1-25(2,3)33-24(31)29-11-10-27-22(29)16-6-5-7-18(12-16)28-21-19(15-8-9-15)13-17(14-20(21)26)23(30)32-4/h5-7,12-15,28H,8-11H2,1-4H3. The van der Waals surface area contributed by atoms with E-state index in [-0.39, 0.29) is 11.5 Å². The van der Waals surface area contributed by atoms with Gasteiger partial charge in [-0.15, -0.1) is 0 Å². The van der Waals surface area contributed by atoms with Gasteiger partial charge in [-0.05, 0) is 69.4 Å². The SMILES string of the molecule is COC(=O)c1cc(F)c(Nc2cccc(C3=NCCN3C(=O)OC(C)(C)C)c2)c(C2CC2)c1. The third-order valence-electron chi connectivity index (χ3n) is 5.40. The third-order valence-corrected chi connectivity index (χ3v) is 5.40. The van der Waals surface area contributed by atoms with Gasteiger partial charge in [0, 0.05) is 11.3 Å². The Kier molecular flexibility index (Phi) is 6.10. The number of rotatable bonds is 5. The average molecular weight is 454 g/mol. The molecule has 8 heteroatoms. The number of amidine groups is 1. The normalized spacial score (nSPS) is 15.8. The van der Waals surface area contributed by atoms with E-state index in [1.54, 1.807) is 6.07 Å². The molecule has 1 fully saturated rings. The zero-order valence-corrected chi connectivity index (χ0v) is 19.3. The number of benzene rings is 2. The Hall–Kier alpha value is -3.42. The van der Waals surface area contributed by atoms with Gasteiger partial charge in [0.25, 0.3) is 0 Å². The van der Waals surface area contributed by atoms with Crippen LogP contribution in [0.2, 0.25) is 0 Å². The summed E-state index contributed by atoms with van der Waals surface area (Å²) in [4.78, 5) is 30.6. The van der Waals surface area contributed by atoms with Crippen LogP contribution in [0.25, 0.3) is 0 Å². The molecule has 0 saturated heterocycles. The third kappa shape index (κ3) is 5.16.